The Morgan fingerprint density at radius 2 is 1.88 bits per heavy atom. The van der Waals surface area contributed by atoms with Crippen molar-refractivity contribution >= 4 is 32.4 Å². The minimum absolute atomic E-state index is 0.135. The Hall–Kier alpha value is -3.19. The third-order valence-corrected chi connectivity index (χ3v) is 12.3. The van der Waals surface area contributed by atoms with Crippen LogP contribution >= 0.6 is 11.3 Å². The number of thiazole rings is 1. The second-order valence-electron chi connectivity index (χ2n) is 12.4. The van der Waals surface area contributed by atoms with Crippen molar-refractivity contribution in [1.82, 2.24) is 10.3 Å². The molecule has 12 heteroatoms. The van der Waals surface area contributed by atoms with Gasteiger partial charge >= 0.3 is 0 Å². The lowest BCUT2D eigenvalue weighted by molar-refractivity contribution is -0.144. The fraction of sp³-hybridized carbons (Fsp3) is 0.484. The van der Waals surface area contributed by atoms with Crippen LogP contribution in [0.25, 0.3) is 0 Å². The van der Waals surface area contributed by atoms with Crippen LogP contribution in [0.1, 0.15) is 60.7 Å². The van der Waals surface area contributed by atoms with Gasteiger partial charge < -0.3 is 25.0 Å². The van der Waals surface area contributed by atoms with Crippen molar-refractivity contribution in [3.05, 3.63) is 64.2 Å². The molecule has 1 saturated carbocycles. The Labute approximate surface area is 255 Å². The standard InChI is InChI=1S/C31H37N3O7S2/c1-18-4-7-20(8-5-18)43(38,39)34-29-33-28-21(13-27(37)32-15-19-6-9-22-23(12-19)41-17-40-22)30(2)11-10-26(36)31(3,16-35)25(30)14-24(28)42-29/h4-9,12,21,25-26,35-36H,10-11,13-17H2,1-3H3,(H,32,37)(H,33,34). The maximum Gasteiger partial charge on any atom is 0.263 e. The molecule has 2 heterocycles. The number of amides is 1. The van der Waals surface area contributed by atoms with E-state index in [1.807, 2.05) is 32.0 Å². The number of anilines is 1. The fourth-order valence-electron chi connectivity index (χ4n) is 7.09. The van der Waals surface area contributed by atoms with Gasteiger partial charge in [0.05, 0.1) is 23.3 Å². The van der Waals surface area contributed by atoms with Crippen LogP contribution in [0.3, 0.4) is 0 Å². The number of hydrogen-bond acceptors (Lipinski definition) is 9. The summed E-state index contributed by atoms with van der Waals surface area (Å²) in [6, 6.07) is 12.1. The first-order valence-corrected chi connectivity index (χ1v) is 16.8. The molecule has 1 aromatic heterocycles. The number of nitrogens with zero attached hydrogens (tertiary/aromatic N) is 1. The van der Waals surface area contributed by atoms with Crippen molar-refractivity contribution in [3.63, 3.8) is 0 Å². The number of ether oxygens (including phenoxy) is 2. The van der Waals surface area contributed by atoms with E-state index in [-0.39, 0.29) is 47.6 Å². The lowest BCUT2D eigenvalue weighted by Crippen LogP contribution is -2.57. The van der Waals surface area contributed by atoms with E-state index in [9.17, 15) is 23.4 Å². The van der Waals surface area contributed by atoms with Crippen LogP contribution < -0.4 is 19.5 Å². The molecule has 2 aliphatic carbocycles. The van der Waals surface area contributed by atoms with Gasteiger partial charge in [0.2, 0.25) is 12.7 Å². The zero-order chi connectivity index (χ0) is 30.6. The van der Waals surface area contributed by atoms with E-state index in [0.29, 0.717) is 43.0 Å². The van der Waals surface area contributed by atoms with Crippen molar-refractivity contribution in [2.24, 2.45) is 16.7 Å². The van der Waals surface area contributed by atoms with Crippen molar-refractivity contribution in [3.8, 4) is 11.5 Å². The first-order chi connectivity index (χ1) is 20.4. The predicted octanol–water partition coefficient (Wildman–Crippen LogP) is 4.10. The number of nitrogens with one attached hydrogen (secondary N) is 2. The molecule has 1 fully saturated rings. The molecule has 3 aliphatic rings. The minimum atomic E-state index is -3.87. The molecule has 1 amide bonds. The summed E-state index contributed by atoms with van der Waals surface area (Å²) in [5, 5.41) is 24.8. The van der Waals surface area contributed by atoms with Crippen LogP contribution in [0.5, 0.6) is 11.5 Å². The summed E-state index contributed by atoms with van der Waals surface area (Å²) in [5.41, 5.74) is 1.30. The summed E-state index contributed by atoms with van der Waals surface area (Å²) in [5.74, 6) is 0.668. The summed E-state index contributed by atoms with van der Waals surface area (Å²) < 4.78 is 39.9. The number of aryl methyl sites for hydroxylation is 1. The molecule has 5 unspecified atom stereocenters. The topological polar surface area (TPSA) is 147 Å². The molecule has 1 aliphatic heterocycles. The first kappa shape index (κ1) is 29.9. The second kappa shape index (κ2) is 11.1. The Kier molecular flexibility index (Phi) is 7.68. The van der Waals surface area contributed by atoms with Gasteiger partial charge in [-0.25, -0.2) is 13.4 Å². The normalized spacial score (nSPS) is 27.7. The van der Waals surface area contributed by atoms with E-state index in [0.717, 1.165) is 16.0 Å². The number of hydrogen-bond donors (Lipinski definition) is 4. The molecule has 0 saturated heterocycles. The summed E-state index contributed by atoms with van der Waals surface area (Å²) in [7, 11) is -3.87. The van der Waals surface area contributed by atoms with Gasteiger partial charge in [0.15, 0.2) is 16.6 Å². The lowest BCUT2D eigenvalue weighted by Gasteiger charge is -2.58. The molecule has 10 nitrogen and oxygen atoms in total. The van der Waals surface area contributed by atoms with Crippen molar-refractivity contribution in [2.75, 3.05) is 18.1 Å². The van der Waals surface area contributed by atoms with Crippen LogP contribution in [-0.2, 0) is 27.8 Å². The van der Waals surface area contributed by atoms with Crippen LogP contribution in [0.4, 0.5) is 5.13 Å². The number of benzene rings is 2. The maximum absolute atomic E-state index is 13.5. The highest BCUT2D eigenvalue weighted by atomic mass is 32.2. The van der Waals surface area contributed by atoms with Gasteiger partial charge in [0.1, 0.15) is 0 Å². The van der Waals surface area contributed by atoms with E-state index in [4.69, 9.17) is 14.5 Å². The molecule has 6 rings (SSSR count). The smallest absolute Gasteiger partial charge is 0.263 e. The van der Waals surface area contributed by atoms with E-state index in [1.54, 1.807) is 24.3 Å². The minimum Gasteiger partial charge on any atom is -0.454 e. The van der Waals surface area contributed by atoms with Crippen molar-refractivity contribution < 1.29 is 32.9 Å². The van der Waals surface area contributed by atoms with Crippen LogP contribution in [0.2, 0.25) is 0 Å². The maximum atomic E-state index is 13.5. The molecule has 5 atom stereocenters. The largest absolute Gasteiger partial charge is 0.454 e. The molecular weight excluding hydrogens is 590 g/mol. The first-order valence-electron chi connectivity index (χ1n) is 14.5. The quantitative estimate of drug-likeness (QED) is 0.292. The highest BCUT2D eigenvalue weighted by Gasteiger charge is 2.59. The van der Waals surface area contributed by atoms with Gasteiger partial charge in [-0.15, -0.1) is 11.3 Å². The number of carbonyl (C=O) groups is 1. The number of fused-ring (bicyclic) bond motifs is 3. The van der Waals surface area contributed by atoms with Gasteiger partial charge in [-0.2, -0.15) is 0 Å². The Morgan fingerprint density at radius 1 is 1.14 bits per heavy atom. The molecule has 2 aromatic carbocycles. The van der Waals surface area contributed by atoms with E-state index < -0.39 is 27.0 Å². The molecule has 43 heavy (non-hydrogen) atoms. The van der Waals surface area contributed by atoms with Gasteiger partial charge in [-0.3, -0.25) is 9.52 Å². The van der Waals surface area contributed by atoms with Gasteiger partial charge in [0, 0.05) is 29.2 Å². The van der Waals surface area contributed by atoms with E-state index >= 15 is 0 Å². The average molecular weight is 628 g/mol. The van der Waals surface area contributed by atoms with Crippen LogP contribution in [0, 0.1) is 23.7 Å². The summed E-state index contributed by atoms with van der Waals surface area (Å²) in [6.07, 6.45) is 1.11. The highest BCUT2D eigenvalue weighted by molar-refractivity contribution is 7.93. The molecule has 0 spiro atoms. The molecule has 3 aromatic rings. The average Bonchev–Trinajstić information content (AvgIpc) is 3.61. The van der Waals surface area contributed by atoms with E-state index in [2.05, 4.69) is 17.0 Å². The third kappa shape index (κ3) is 5.39. The Bertz CT molecular complexity index is 1640. The lowest BCUT2D eigenvalue weighted by atomic mass is 9.47. The molecule has 230 valence electrons. The van der Waals surface area contributed by atoms with Gasteiger partial charge in [-0.05, 0) is 67.3 Å². The summed E-state index contributed by atoms with van der Waals surface area (Å²) in [6.45, 7) is 6.20. The predicted molar refractivity (Wildman–Crippen MR) is 162 cm³/mol. The van der Waals surface area contributed by atoms with Crippen molar-refractivity contribution in [2.45, 2.75) is 69.9 Å². The number of aromatic nitrogens is 1. The number of sulfonamides is 1. The molecule has 0 bridgehead atoms. The van der Waals surface area contributed by atoms with Crippen molar-refractivity contribution in [1.29, 1.82) is 0 Å². The number of carbonyl (C=O) groups excluding carboxylic acids is 1. The third-order valence-electron chi connectivity index (χ3n) is 9.76. The number of rotatable bonds is 8. The Morgan fingerprint density at radius 3 is 2.63 bits per heavy atom. The SMILES string of the molecule is Cc1ccc(S(=O)(=O)Nc2nc3c(s2)CC2C(C)(CO)C(O)CCC2(C)C3CC(=O)NCc2ccc3c(c2)OCO3)cc1. The summed E-state index contributed by atoms with van der Waals surface area (Å²) >= 11 is 1.26. The monoisotopic (exact) mass is 627 g/mol. The van der Waals surface area contributed by atoms with Gasteiger partial charge in [-0.1, -0.05) is 37.6 Å². The Balaban J connectivity index is 1.29. The fourth-order valence-corrected chi connectivity index (χ4v) is 9.39. The zero-order valence-corrected chi connectivity index (χ0v) is 26.1. The second-order valence-corrected chi connectivity index (χ2v) is 15.2. The number of aliphatic hydroxyl groups excluding tert-OH is 2. The zero-order valence-electron chi connectivity index (χ0n) is 24.4. The molecule has 4 N–H and O–H groups in total. The molecular formula is C31H37N3O7S2. The summed E-state index contributed by atoms with van der Waals surface area (Å²) in [4.78, 5) is 19.3. The van der Waals surface area contributed by atoms with Gasteiger partial charge in [0.25, 0.3) is 10.0 Å². The van der Waals surface area contributed by atoms with E-state index in [1.165, 1.54) is 11.3 Å². The number of aliphatic hydroxyl groups is 2. The molecule has 0 radical (unpaired) electrons. The van der Waals surface area contributed by atoms with Crippen LogP contribution in [0.15, 0.2) is 47.4 Å². The highest BCUT2D eigenvalue weighted by Crippen LogP contribution is 2.62. The van der Waals surface area contributed by atoms with Crippen LogP contribution in [-0.4, -0.2) is 49.0 Å².